The SMILES string of the molecule is CCCCSc1cncc2cccc(S(=O)(=O)N3CC[C@@H](NC(=O)OC(C)(C)C)C3)c12. The van der Waals surface area contributed by atoms with Crippen molar-refractivity contribution in [3.05, 3.63) is 30.6 Å². The zero-order valence-electron chi connectivity index (χ0n) is 18.6. The van der Waals surface area contributed by atoms with Gasteiger partial charge in [-0.25, -0.2) is 13.2 Å². The minimum Gasteiger partial charge on any atom is -0.444 e. The Morgan fingerprint density at radius 1 is 1.32 bits per heavy atom. The highest BCUT2D eigenvalue weighted by Gasteiger charge is 2.35. The molecular formula is C22H31N3O4S2. The molecule has 0 saturated carbocycles. The van der Waals surface area contributed by atoms with Crippen molar-refractivity contribution in [1.29, 1.82) is 0 Å². The Morgan fingerprint density at radius 2 is 2.10 bits per heavy atom. The minimum atomic E-state index is -3.72. The molecule has 0 spiro atoms. The Labute approximate surface area is 189 Å². The van der Waals surface area contributed by atoms with Gasteiger partial charge in [0.25, 0.3) is 0 Å². The van der Waals surface area contributed by atoms with Crippen LogP contribution in [0.5, 0.6) is 0 Å². The molecule has 1 atom stereocenters. The lowest BCUT2D eigenvalue weighted by atomic mass is 10.2. The highest BCUT2D eigenvalue weighted by molar-refractivity contribution is 7.99. The largest absolute Gasteiger partial charge is 0.444 e. The molecule has 1 amide bonds. The number of ether oxygens (including phenoxy) is 1. The molecule has 170 valence electrons. The Balaban J connectivity index is 1.83. The van der Waals surface area contributed by atoms with E-state index in [0.717, 1.165) is 34.3 Å². The smallest absolute Gasteiger partial charge is 0.407 e. The van der Waals surface area contributed by atoms with Crippen molar-refractivity contribution >= 4 is 38.7 Å². The first-order chi connectivity index (χ1) is 14.6. The summed E-state index contributed by atoms with van der Waals surface area (Å²) in [5.74, 6) is 0.914. The molecule has 2 heterocycles. The monoisotopic (exact) mass is 465 g/mol. The number of thioether (sulfide) groups is 1. The van der Waals surface area contributed by atoms with E-state index >= 15 is 0 Å². The molecule has 1 aliphatic rings. The molecular weight excluding hydrogens is 434 g/mol. The van der Waals surface area contributed by atoms with Gasteiger partial charge in [0, 0.05) is 47.2 Å². The van der Waals surface area contributed by atoms with Gasteiger partial charge in [-0.3, -0.25) is 4.98 Å². The number of hydrogen-bond acceptors (Lipinski definition) is 6. The standard InChI is InChI=1S/C22H31N3O4S2/c1-5-6-12-30-18-14-23-13-16-8-7-9-19(20(16)18)31(27,28)25-11-10-17(15-25)24-21(26)29-22(2,3)4/h7-9,13-14,17H,5-6,10-12,15H2,1-4H3,(H,24,26)/t17-/m1/s1. The summed E-state index contributed by atoms with van der Waals surface area (Å²) >= 11 is 1.64. The number of fused-ring (bicyclic) bond motifs is 1. The molecule has 1 N–H and O–H groups in total. The number of sulfonamides is 1. The predicted molar refractivity (Wildman–Crippen MR) is 124 cm³/mol. The summed E-state index contributed by atoms with van der Waals surface area (Å²) in [5, 5.41) is 4.33. The number of hydrogen-bond donors (Lipinski definition) is 1. The van der Waals surface area contributed by atoms with Crippen LogP contribution in [-0.4, -0.2) is 54.3 Å². The van der Waals surface area contributed by atoms with Crippen LogP contribution >= 0.6 is 11.8 Å². The maximum absolute atomic E-state index is 13.5. The van der Waals surface area contributed by atoms with Gasteiger partial charge < -0.3 is 10.1 Å². The lowest BCUT2D eigenvalue weighted by Gasteiger charge is -2.22. The van der Waals surface area contributed by atoms with Crippen LogP contribution in [0, 0.1) is 0 Å². The number of carbonyl (C=O) groups is 1. The highest BCUT2D eigenvalue weighted by atomic mass is 32.2. The van der Waals surface area contributed by atoms with Crippen LogP contribution in [0.25, 0.3) is 10.8 Å². The molecule has 1 aromatic carbocycles. The van der Waals surface area contributed by atoms with E-state index in [4.69, 9.17) is 4.74 Å². The normalized spacial score (nSPS) is 17.7. The molecule has 0 unspecified atom stereocenters. The summed E-state index contributed by atoms with van der Waals surface area (Å²) in [5.41, 5.74) is -0.600. The quantitative estimate of drug-likeness (QED) is 0.481. The average Bonchev–Trinajstić information content (AvgIpc) is 3.15. The van der Waals surface area contributed by atoms with E-state index < -0.39 is 21.7 Å². The number of amides is 1. The van der Waals surface area contributed by atoms with Crippen LogP contribution in [0.1, 0.15) is 47.0 Å². The number of nitrogens with one attached hydrogen (secondary N) is 1. The maximum atomic E-state index is 13.5. The Bertz CT molecular complexity index is 1030. The highest BCUT2D eigenvalue weighted by Crippen LogP contribution is 2.34. The number of pyridine rings is 1. The number of carbonyl (C=O) groups excluding carboxylic acids is 1. The van der Waals surface area contributed by atoms with Gasteiger partial charge in [-0.15, -0.1) is 11.8 Å². The molecule has 1 aromatic heterocycles. The lowest BCUT2D eigenvalue weighted by Crippen LogP contribution is -2.41. The van der Waals surface area contributed by atoms with E-state index in [1.54, 1.807) is 57.1 Å². The number of nitrogens with zero attached hydrogens (tertiary/aromatic N) is 2. The molecule has 9 heteroatoms. The Morgan fingerprint density at radius 3 is 2.81 bits per heavy atom. The Hall–Kier alpha value is -1.84. The van der Waals surface area contributed by atoms with Crippen LogP contribution in [0.4, 0.5) is 4.79 Å². The van der Waals surface area contributed by atoms with Crippen LogP contribution in [0.15, 0.2) is 40.4 Å². The van der Waals surface area contributed by atoms with Crippen molar-refractivity contribution in [3.8, 4) is 0 Å². The van der Waals surface area contributed by atoms with Crippen molar-refractivity contribution in [3.63, 3.8) is 0 Å². The van der Waals surface area contributed by atoms with E-state index in [1.165, 1.54) is 4.31 Å². The van der Waals surface area contributed by atoms with Crippen molar-refractivity contribution in [2.75, 3.05) is 18.8 Å². The molecule has 1 saturated heterocycles. The second kappa shape index (κ2) is 9.75. The van der Waals surface area contributed by atoms with Gasteiger partial charge >= 0.3 is 6.09 Å². The maximum Gasteiger partial charge on any atom is 0.407 e. The van der Waals surface area contributed by atoms with Crippen molar-refractivity contribution in [1.82, 2.24) is 14.6 Å². The van der Waals surface area contributed by atoms with Gasteiger partial charge in [0.2, 0.25) is 10.0 Å². The zero-order valence-corrected chi connectivity index (χ0v) is 20.2. The van der Waals surface area contributed by atoms with Gasteiger partial charge in [0.15, 0.2) is 0 Å². The first kappa shape index (κ1) is 23.8. The summed E-state index contributed by atoms with van der Waals surface area (Å²) in [6, 6.07) is 5.03. The minimum absolute atomic E-state index is 0.224. The van der Waals surface area contributed by atoms with E-state index in [1.807, 2.05) is 6.07 Å². The van der Waals surface area contributed by atoms with Crippen molar-refractivity contribution in [2.24, 2.45) is 0 Å². The van der Waals surface area contributed by atoms with E-state index in [2.05, 4.69) is 17.2 Å². The zero-order chi connectivity index (χ0) is 22.6. The predicted octanol–water partition coefficient (Wildman–Crippen LogP) is 4.41. The lowest BCUT2D eigenvalue weighted by molar-refractivity contribution is 0.0507. The van der Waals surface area contributed by atoms with Crippen LogP contribution in [-0.2, 0) is 14.8 Å². The number of aromatic nitrogens is 1. The fourth-order valence-corrected chi connectivity index (χ4v) is 6.46. The summed E-state index contributed by atoms with van der Waals surface area (Å²) < 4.78 is 33.8. The van der Waals surface area contributed by atoms with Crippen molar-refractivity contribution in [2.45, 2.75) is 68.4 Å². The number of rotatable bonds is 7. The molecule has 1 fully saturated rings. The molecule has 0 radical (unpaired) electrons. The Kier molecular flexibility index (Phi) is 7.49. The summed E-state index contributed by atoms with van der Waals surface area (Å²) in [4.78, 5) is 17.5. The topological polar surface area (TPSA) is 88.6 Å². The van der Waals surface area contributed by atoms with Gasteiger partial charge in [0.1, 0.15) is 5.60 Å². The average molecular weight is 466 g/mol. The molecule has 2 aromatic rings. The molecule has 31 heavy (non-hydrogen) atoms. The third-order valence-corrected chi connectivity index (χ3v) is 7.98. The number of benzene rings is 1. The van der Waals surface area contributed by atoms with Gasteiger partial charge in [0.05, 0.1) is 4.90 Å². The number of unbranched alkanes of at least 4 members (excludes halogenated alkanes) is 1. The first-order valence-electron chi connectivity index (χ1n) is 10.6. The van der Waals surface area contributed by atoms with Crippen LogP contribution in [0.2, 0.25) is 0 Å². The van der Waals surface area contributed by atoms with Crippen molar-refractivity contribution < 1.29 is 17.9 Å². The summed E-state index contributed by atoms with van der Waals surface area (Å²) in [6.45, 7) is 8.09. The van der Waals surface area contributed by atoms with Gasteiger partial charge in [-0.1, -0.05) is 25.5 Å². The second-order valence-electron chi connectivity index (χ2n) is 8.69. The first-order valence-corrected chi connectivity index (χ1v) is 13.0. The van der Waals surface area contributed by atoms with Crippen LogP contribution < -0.4 is 5.32 Å². The molecule has 7 nitrogen and oxygen atoms in total. The van der Waals surface area contributed by atoms with Crippen LogP contribution in [0.3, 0.4) is 0 Å². The van der Waals surface area contributed by atoms with E-state index in [-0.39, 0.29) is 12.6 Å². The molecule has 1 aliphatic heterocycles. The van der Waals surface area contributed by atoms with E-state index in [0.29, 0.717) is 17.9 Å². The third-order valence-electron chi connectivity index (χ3n) is 4.96. The fraction of sp³-hybridized carbons (Fsp3) is 0.545. The van der Waals surface area contributed by atoms with Gasteiger partial charge in [-0.05, 0) is 45.4 Å². The number of alkyl carbamates (subject to hydrolysis) is 1. The summed E-state index contributed by atoms with van der Waals surface area (Å²) in [7, 11) is -3.72. The summed E-state index contributed by atoms with van der Waals surface area (Å²) in [6.07, 6.45) is 5.61. The van der Waals surface area contributed by atoms with Gasteiger partial charge in [-0.2, -0.15) is 4.31 Å². The molecule has 0 aliphatic carbocycles. The van der Waals surface area contributed by atoms with E-state index in [9.17, 15) is 13.2 Å². The third kappa shape index (κ3) is 5.90. The molecule has 3 rings (SSSR count). The second-order valence-corrected chi connectivity index (χ2v) is 11.7. The molecule has 0 bridgehead atoms. The fourth-order valence-electron chi connectivity index (χ4n) is 3.50.